The van der Waals surface area contributed by atoms with Crippen LogP contribution in [0.25, 0.3) is 0 Å². The van der Waals surface area contributed by atoms with Gasteiger partial charge in [-0.3, -0.25) is 0 Å². The summed E-state index contributed by atoms with van der Waals surface area (Å²) in [6.07, 6.45) is 1.13. The van der Waals surface area contributed by atoms with Gasteiger partial charge in [-0.1, -0.05) is 67.0 Å². The fraction of sp³-hybridized carbons (Fsp3) is 0.368. The molecule has 2 rings (SSSR count). The Morgan fingerprint density at radius 1 is 1.10 bits per heavy atom. The smallest absolute Gasteiger partial charge is 0.0554 e. The van der Waals surface area contributed by atoms with Gasteiger partial charge in [-0.25, -0.2) is 0 Å². The lowest BCUT2D eigenvalue weighted by atomic mass is 9.81. The predicted molar refractivity (Wildman–Crippen MR) is 94.7 cm³/mol. The zero-order valence-electron chi connectivity index (χ0n) is 13.3. The highest BCUT2D eigenvalue weighted by Crippen LogP contribution is 2.29. The van der Waals surface area contributed by atoms with Crippen molar-refractivity contribution in [3.05, 3.63) is 69.2 Å². The van der Waals surface area contributed by atoms with Crippen molar-refractivity contribution < 1.29 is 0 Å². The Morgan fingerprint density at radius 2 is 1.71 bits per heavy atom. The topological polar surface area (TPSA) is 26.0 Å². The van der Waals surface area contributed by atoms with Gasteiger partial charge in [0.05, 0.1) is 6.04 Å². The minimum absolute atomic E-state index is 0.0723. The highest BCUT2D eigenvalue weighted by molar-refractivity contribution is 9.10. The van der Waals surface area contributed by atoms with E-state index >= 15 is 0 Å². The maximum absolute atomic E-state index is 6.44. The molecule has 0 aliphatic heterocycles. The van der Waals surface area contributed by atoms with E-state index in [1.807, 2.05) is 0 Å². The maximum Gasteiger partial charge on any atom is 0.0554 e. The minimum atomic E-state index is -0.0723. The molecular formula is C19H24BrN. The van der Waals surface area contributed by atoms with Crippen molar-refractivity contribution >= 4 is 15.9 Å². The normalized spacial score (nSPS) is 13.2. The number of halogens is 1. The lowest BCUT2D eigenvalue weighted by Gasteiger charge is -2.24. The number of aryl methyl sites for hydroxylation is 1. The number of hydrogen-bond donors (Lipinski definition) is 1. The molecule has 112 valence electrons. The molecule has 0 heterocycles. The Hall–Kier alpha value is -1.12. The van der Waals surface area contributed by atoms with Crippen molar-refractivity contribution in [1.29, 1.82) is 0 Å². The quantitative estimate of drug-likeness (QED) is 0.778. The predicted octanol–water partition coefficient (Wildman–Crippen LogP) is 5.49. The molecule has 0 amide bonds. The number of hydrogen-bond acceptors (Lipinski definition) is 1. The first-order chi connectivity index (χ1) is 9.85. The molecule has 21 heavy (non-hydrogen) atoms. The zero-order valence-corrected chi connectivity index (χ0v) is 14.9. The summed E-state index contributed by atoms with van der Waals surface area (Å²) in [7, 11) is 0. The molecule has 0 aliphatic carbocycles. The van der Waals surface area contributed by atoms with Crippen LogP contribution in [0.5, 0.6) is 0 Å². The Labute approximate surface area is 136 Å². The lowest BCUT2D eigenvalue weighted by molar-refractivity contribution is 0.506. The third-order valence-corrected chi connectivity index (χ3v) is 5.00. The molecule has 1 unspecified atom stereocenters. The first-order valence-corrected chi connectivity index (χ1v) is 8.26. The van der Waals surface area contributed by atoms with Gasteiger partial charge >= 0.3 is 0 Å². The second-order valence-electron chi connectivity index (χ2n) is 6.34. The molecule has 0 radical (unpaired) electrons. The van der Waals surface area contributed by atoms with E-state index in [0.717, 1.165) is 16.5 Å². The molecule has 2 heteroatoms. The van der Waals surface area contributed by atoms with Crippen LogP contribution in [0, 0.1) is 6.92 Å². The molecule has 0 aromatic heterocycles. The molecule has 0 spiro atoms. The highest BCUT2D eigenvalue weighted by atomic mass is 79.9. The van der Waals surface area contributed by atoms with E-state index in [1.54, 1.807) is 0 Å². The molecule has 0 saturated carbocycles. The van der Waals surface area contributed by atoms with Crippen molar-refractivity contribution in [2.75, 3.05) is 0 Å². The van der Waals surface area contributed by atoms with Crippen LogP contribution < -0.4 is 5.73 Å². The summed E-state index contributed by atoms with van der Waals surface area (Å²) in [6.45, 7) is 8.89. The molecule has 0 aliphatic rings. The van der Waals surface area contributed by atoms with Gasteiger partial charge in [-0.15, -0.1) is 0 Å². The van der Waals surface area contributed by atoms with Crippen LogP contribution in [0.4, 0.5) is 0 Å². The number of benzene rings is 2. The van der Waals surface area contributed by atoms with Crippen molar-refractivity contribution in [2.24, 2.45) is 5.73 Å². The van der Waals surface area contributed by atoms with Crippen LogP contribution in [0.15, 0.2) is 46.9 Å². The van der Waals surface area contributed by atoms with E-state index in [1.165, 1.54) is 16.7 Å². The first-order valence-electron chi connectivity index (χ1n) is 7.47. The summed E-state index contributed by atoms with van der Waals surface area (Å²) in [5.41, 5.74) is 11.6. The van der Waals surface area contributed by atoms with Gasteiger partial charge in [-0.2, -0.15) is 0 Å². The fourth-order valence-electron chi connectivity index (χ4n) is 2.51. The van der Waals surface area contributed by atoms with Crippen molar-refractivity contribution in [3.63, 3.8) is 0 Å². The van der Waals surface area contributed by atoms with Gasteiger partial charge in [0.25, 0.3) is 0 Å². The summed E-state index contributed by atoms with van der Waals surface area (Å²) in [5, 5.41) is 0. The van der Waals surface area contributed by atoms with Gasteiger partial charge in [0.15, 0.2) is 0 Å². The van der Waals surface area contributed by atoms with Gasteiger partial charge < -0.3 is 5.73 Å². The molecule has 2 aromatic rings. The second-order valence-corrected chi connectivity index (χ2v) is 7.25. The number of rotatable bonds is 4. The highest BCUT2D eigenvalue weighted by Gasteiger charge is 2.18. The Balaban J connectivity index is 2.30. The third kappa shape index (κ3) is 3.56. The SMILES string of the molecule is CCC(C)(C)c1ccc(C(N)c2ccc(Br)cc2C)cc1. The van der Waals surface area contributed by atoms with Crippen LogP contribution in [-0.2, 0) is 5.41 Å². The number of nitrogens with two attached hydrogens (primary N) is 1. The Morgan fingerprint density at radius 3 is 2.24 bits per heavy atom. The van der Waals surface area contributed by atoms with Crippen molar-refractivity contribution in [3.8, 4) is 0 Å². The molecule has 0 fully saturated rings. The average Bonchev–Trinajstić information content (AvgIpc) is 2.47. The minimum Gasteiger partial charge on any atom is -0.320 e. The molecule has 2 N–H and O–H groups in total. The van der Waals surface area contributed by atoms with Gasteiger partial charge in [0.2, 0.25) is 0 Å². The molecule has 0 saturated heterocycles. The summed E-state index contributed by atoms with van der Waals surface area (Å²) < 4.78 is 1.09. The van der Waals surface area contributed by atoms with E-state index in [0.29, 0.717) is 0 Å². The summed E-state index contributed by atoms with van der Waals surface area (Å²) in [4.78, 5) is 0. The molecule has 2 aromatic carbocycles. The van der Waals surface area contributed by atoms with Crippen LogP contribution in [0.3, 0.4) is 0 Å². The van der Waals surface area contributed by atoms with Crippen molar-refractivity contribution in [1.82, 2.24) is 0 Å². The Kier molecular flexibility index (Phi) is 4.90. The first kappa shape index (κ1) is 16.3. The van der Waals surface area contributed by atoms with Gasteiger partial charge in [-0.05, 0) is 53.1 Å². The fourth-order valence-corrected chi connectivity index (χ4v) is 2.99. The van der Waals surface area contributed by atoms with E-state index in [-0.39, 0.29) is 11.5 Å². The maximum atomic E-state index is 6.44. The summed E-state index contributed by atoms with van der Waals surface area (Å²) in [6, 6.07) is 15.0. The lowest BCUT2D eigenvalue weighted by Crippen LogP contribution is -2.17. The van der Waals surface area contributed by atoms with Gasteiger partial charge in [0, 0.05) is 4.47 Å². The monoisotopic (exact) mass is 345 g/mol. The van der Waals surface area contributed by atoms with Crippen LogP contribution in [0.1, 0.15) is 55.5 Å². The zero-order chi connectivity index (χ0) is 15.6. The third-order valence-electron chi connectivity index (χ3n) is 4.50. The van der Waals surface area contributed by atoms with E-state index in [2.05, 4.69) is 86.1 Å². The van der Waals surface area contributed by atoms with Crippen LogP contribution in [0.2, 0.25) is 0 Å². The van der Waals surface area contributed by atoms with Crippen LogP contribution in [-0.4, -0.2) is 0 Å². The molecule has 1 atom stereocenters. The van der Waals surface area contributed by atoms with E-state index in [9.17, 15) is 0 Å². The van der Waals surface area contributed by atoms with E-state index < -0.39 is 0 Å². The average molecular weight is 346 g/mol. The standard InChI is InChI=1S/C19H24BrN/c1-5-19(3,4)15-8-6-14(7-9-15)18(21)17-11-10-16(20)12-13(17)2/h6-12,18H,5,21H2,1-4H3. The molecule has 0 bridgehead atoms. The van der Waals surface area contributed by atoms with Crippen molar-refractivity contribution in [2.45, 2.75) is 45.6 Å². The van der Waals surface area contributed by atoms with Crippen LogP contribution >= 0.6 is 15.9 Å². The Bertz CT molecular complexity index is 614. The second kappa shape index (κ2) is 6.33. The summed E-state index contributed by atoms with van der Waals surface area (Å²) >= 11 is 3.50. The summed E-state index contributed by atoms with van der Waals surface area (Å²) in [5.74, 6) is 0. The largest absolute Gasteiger partial charge is 0.320 e. The molecule has 1 nitrogen and oxygen atoms in total. The van der Waals surface area contributed by atoms with E-state index in [4.69, 9.17) is 5.73 Å². The van der Waals surface area contributed by atoms with Gasteiger partial charge in [0.1, 0.15) is 0 Å². The molecular weight excluding hydrogens is 322 g/mol.